The molecule has 0 bridgehead atoms. The van der Waals surface area contributed by atoms with Crippen LogP contribution in [0, 0.1) is 6.92 Å². The number of aryl methyl sites for hydroxylation is 1. The van der Waals surface area contributed by atoms with Crippen molar-refractivity contribution in [3.63, 3.8) is 0 Å². The lowest BCUT2D eigenvalue weighted by Crippen LogP contribution is -2.48. The fourth-order valence-corrected chi connectivity index (χ4v) is 4.24. The predicted molar refractivity (Wildman–Crippen MR) is 105 cm³/mol. The van der Waals surface area contributed by atoms with Crippen LogP contribution in [-0.4, -0.2) is 77.3 Å². The number of hydrogen-bond donors (Lipinski definition) is 2. The average Bonchev–Trinajstić information content (AvgIpc) is 2.98. The van der Waals surface area contributed by atoms with Gasteiger partial charge < -0.3 is 19.7 Å². The van der Waals surface area contributed by atoms with Gasteiger partial charge in [0.1, 0.15) is 5.69 Å². The second kappa shape index (κ2) is 7.62. The Morgan fingerprint density at radius 2 is 2.00 bits per heavy atom. The van der Waals surface area contributed by atoms with Crippen molar-refractivity contribution in [1.82, 2.24) is 14.8 Å². The summed E-state index contributed by atoms with van der Waals surface area (Å²) in [6.45, 7) is 7.22. The van der Waals surface area contributed by atoms with Crippen LogP contribution >= 0.6 is 0 Å². The Kier molecular flexibility index (Phi) is 5.21. The fraction of sp³-hybridized carbons (Fsp3) is 0.571. The SMILES string of the molecule is Cc1ccc2cc(C(=O)N3CCCC(O)(CN4CCOCC4)CC3)[nH]c2c1. The van der Waals surface area contributed by atoms with Gasteiger partial charge >= 0.3 is 0 Å². The molecule has 0 radical (unpaired) electrons. The highest BCUT2D eigenvalue weighted by Gasteiger charge is 2.34. The van der Waals surface area contributed by atoms with Gasteiger partial charge in [-0.1, -0.05) is 12.1 Å². The van der Waals surface area contributed by atoms with Crippen LogP contribution in [0.4, 0.5) is 0 Å². The number of amides is 1. The van der Waals surface area contributed by atoms with Crippen LogP contribution in [0.3, 0.4) is 0 Å². The van der Waals surface area contributed by atoms with E-state index in [1.165, 1.54) is 5.56 Å². The highest BCUT2D eigenvalue weighted by atomic mass is 16.5. The average molecular weight is 371 g/mol. The number of carbonyl (C=O) groups excluding carboxylic acids is 1. The van der Waals surface area contributed by atoms with Gasteiger partial charge in [0.25, 0.3) is 5.91 Å². The summed E-state index contributed by atoms with van der Waals surface area (Å²) < 4.78 is 5.40. The summed E-state index contributed by atoms with van der Waals surface area (Å²) in [5.74, 6) is 0.0273. The van der Waals surface area contributed by atoms with E-state index < -0.39 is 5.60 Å². The Bertz CT molecular complexity index is 812. The van der Waals surface area contributed by atoms with E-state index in [0.29, 0.717) is 31.7 Å². The van der Waals surface area contributed by atoms with E-state index in [1.54, 1.807) is 0 Å². The van der Waals surface area contributed by atoms with Crippen molar-refractivity contribution >= 4 is 16.8 Å². The highest BCUT2D eigenvalue weighted by Crippen LogP contribution is 2.25. The van der Waals surface area contributed by atoms with E-state index in [0.717, 1.165) is 50.0 Å². The number of nitrogens with zero attached hydrogens (tertiary/aromatic N) is 2. The van der Waals surface area contributed by atoms with Crippen molar-refractivity contribution in [2.24, 2.45) is 0 Å². The van der Waals surface area contributed by atoms with Crippen LogP contribution in [0.5, 0.6) is 0 Å². The van der Waals surface area contributed by atoms with Crippen molar-refractivity contribution in [1.29, 1.82) is 0 Å². The zero-order valence-electron chi connectivity index (χ0n) is 16.0. The number of aliphatic hydroxyl groups is 1. The number of carbonyl (C=O) groups is 1. The van der Waals surface area contributed by atoms with Gasteiger partial charge in [0.05, 0.1) is 18.8 Å². The minimum atomic E-state index is -0.718. The molecule has 0 saturated carbocycles. The monoisotopic (exact) mass is 371 g/mol. The van der Waals surface area contributed by atoms with Gasteiger partial charge in [-0.3, -0.25) is 9.69 Å². The van der Waals surface area contributed by atoms with Gasteiger partial charge in [-0.15, -0.1) is 0 Å². The van der Waals surface area contributed by atoms with Crippen LogP contribution in [0.25, 0.3) is 10.9 Å². The molecule has 4 rings (SSSR count). The van der Waals surface area contributed by atoms with Crippen molar-refractivity contribution in [2.75, 3.05) is 45.9 Å². The first-order valence-electron chi connectivity index (χ1n) is 9.94. The maximum absolute atomic E-state index is 13.0. The van der Waals surface area contributed by atoms with Crippen LogP contribution < -0.4 is 0 Å². The highest BCUT2D eigenvalue weighted by molar-refractivity contribution is 5.98. The Labute approximate surface area is 160 Å². The third-order valence-corrected chi connectivity index (χ3v) is 5.83. The first kappa shape index (κ1) is 18.5. The van der Waals surface area contributed by atoms with Gasteiger partial charge in [-0.2, -0.15) is 0 Å². The second-order valence-electron chi connectivity index (χ2n) is 8.03. The van der Waals surface area contributed by atoms with E-state index >= 15 is 0 Å². The smallest absolute Gasteiger partial charge is 0.270 e. The van der Waals surface area contributed by atoms with Crippen LogP contribution in [0.2, 0.25) is 0 Å². The summed E-state index contributed by atoms with van der Waals surface area (Å²) in [5, 5.41) is 12.1. The van der Waals surface area contributed by atoms with E-state index in [1.807, 2.05) is 24.0 Å². The van der Waals surface area contributed by atoms with Crippen LogP contribution in [-0.2, 0) is 4.74 Å². The molecule has 2 aliphatic heterocycles. The number of aromatic nitrogens is 1. The molecule has 1 unspecified atom stereocenters. The molecule has 146 valence electrons. The summed E-state index contributed by atoms with van der Waals surface area (Å²) in [6.07, 6.45) is 2.18. The lowest BCUT2D eigenvalue weighted by Gasteiger charge is -2.35. The molecule has 1 amide bonds. The first-order valence-corrected chi connectivity index (χ1v) is 9.94. The fourth-order valence-electron chi connectivity index (χ4n) is 4.24. The maximum atomic E-state index is 13.0. The molecule has 1 aromatic carbocycles. The van der Waals surface area contributed by atoms with Gasteiger partial charge in [0.2, 0.25) is 0 Å². The van der Waals surface area contributed by atoms with E-state index in [2.05, 4.69) is 22.0 Å². The standard InChI is InChI=1S/C21H29N3O3/c1-16-3-4-17-14-19(22-18(17)13-16)20(25)24-7-2-5-21(26,6-8-24)15-23-9-11-27-12-10-23/h3-4,13-14,22,26H,2,5-12,15H2,1H3. The molecule has 0 aliphatic carbocycles. The molecule has 1 aromatic heterocycles. The van der Waals surface area contributed by atoms with E-state index in [4.69, 9.17) is 4.74 Å². The zero-order chi connectivity index (χ0) is 18.9. The summed E-state index contributed by atoms with van der Waals surface area (Å²) in [4.78, 5) is 20.4. The molecule has 27 heavy (non-hydrogen) atoms. The normalized spacial score (nSPS) is 24.9. The number of β-amino-alcohol motifs (C(OH)–C–C–N with tert-alkyl or cyclic N) is 1. The van der Waals surface area contributed by atoms with Crippen LogP contribution in [0.1, 0.15) is 35.3 Å². The largest absolute Gasteiger partial charge is 0.388 e. The zero-order valence-corrected chi connectivity index (χ0v) is 16.0. The molecular formula is C21H29N3O3. The quantitative estimate of drug-likeness (QED) is 0.868. The summed E-state index contributed by atoms with van der Waals surface area (Å²) in [5.41, 5.74) is 2.08. The second-order valence-corrected chi connectivity index (χ2v) is 8.03. The lowest BCUT2D eigenvalue weighted by atomic mass is 9.94. The predicted octanol–water partition coefficient (Wildman–Crippen LogP) is 2.17. The number of likely N-dealkylation sites (tertiary alicyclic amines) is 1. The van der Waals surface area contributed by atoms with E-state index in [9.17, 15) is 9.90 Å². The number of morpholine rings is 1. The number of rotatable bonds is 3. The van der Waals surface area contributed by atoms with Gasteiger partial charge in [0.15, 0.2) is 0 Å². The molecule has 2 fully saturated rings. The maximum Gasteiger partial charge on any atom is 0.270 e. The Morgan fingerprint density at radius 1 is 1.19 bits per heavy atom. The van der Waals surface area contributed by atoms with Crippen molar-refractivity contribution < 1.29 is 14.6 Å². The summed E-state index contributed by atoms with van der Waals surface area (Å²) >= 11 is 0. The topological polar surface area (TPSA) is 68.8 Å². The van der Waals surface area contributed by atoms with Gasteiger partial charge in [-0.25, -0.2) is 0 Å². The summed E-state index contributed by atoms with van der Waals surface area (Å²) in [7, 11) is 0. The van der Waals surface area contributed by atoms with Crippen LogP contribution in [0.15, 0.2) is 24.3 Å². The number of fused-ring (bicyclic) bond motifs is 1. The first-order chi connectivity index (χ1) is 13.0. The van der Waals surface area contributed by atoms with Crippen molar-refractivity contribution in [3.8, 4) is 0 Å². The van der Waals surface area contributed by atoms with Gasteiger partial charge in [-0.05, 0) is 43.9 Å². The molecular weight excluding hydrogens is 342 g/mol. The Morgan fingerprint density at radius 3 is 2.81 bits per heavy atom. The minimum absolute atomic E-state index is 0.0273. The van der Waals surface area contributed by atoms with E-state index in [-0.39, 0.29) is 5.91 Å². The number of nitrogens with one attached hydrogen (secondary N) is 1. The van der Waals surface area contributed by atoms with Gasteiger partial charge in [0, 0.05) is 43.6 Å². The molecule has 2 saturated heterocycles. The number of hydrogen-bond acceptors (Lipinski definition) is 4. The van der Waals surface area contributed by atoms with Crippen molar-refractivity contribution in [3.05, 3.63) is 35.5 Å². The third-order valence-electron chi connectivity index (χ3n) is 5.83. The lowest BCUT2D eigenvalue weighted by molar-refractivity contribution is -0.0389. The van der Waals surface area contributed by atoms with Crippen molar-refractivity contribution in [2.45, 2.75) is 31.8 Å². The molecule has 6 heteroatoms. The number of H-pyrrole nitrogens is 1. The molecule has 6 nitrogen and oxygen atoms in total. The number of benzene rings is 1. The molecule has 2 aromatic rings. The molecule has 3 heterocycles. The molecule has 1 atom stereocenters. The molecule has 2 aliphatic rings. The number of ether oxygens (including phenoxy) is 1. The minimum Gasteiger partial charge on any atom is -0.388 e. The summed E-state index contributed by atoms with van der Waals surface area (Å²) in [6, 6.07) is 8.10. The molecule has 2 N–H and O–H groups in total. The molecule has 0 spiro atoms. The number of aromatic amines is 1. The third kappa shape index (κ3) is 4.18. The Balaban J connectivity index is 1.42. The Hall–Kier alpha value is -1.89.